The third-order valence-corrected chi connectivity index (χ3v) is 4.44. The number of nitrogens with one attached hydrogen (secondary N) is 1. The molecule has 3 heteroatoms. The molecule has 2 nitrogen and oxygen atoms in total. The molecule has 1 aromatic heterocycles. The van der Waals surface area contributed by atoms with Crippen LogP contribution >= 0.6 is 11.3 Å². The fourth-order valence-corrected chi connectivity index (χ4v) is 3.19. The lowest BCUT2D eigenvalue weighted by molar-refractivity contribution is 0.256. The normalized spacial score (nSPS) is 20.4. The van der Waals surface area contributed by atoms with Crippen LogP contribution in [0.15, 0.2) is 11.6 Å². The van der Waals surface area contributed by atoms with Crippen molar-refractivity contribution in [1.29, 1.82) is 0 Å². The SMILES string of the molecule is CCC(NC(C)CC1CCC1)c1nccs1. The second kappa shape index (κ2) is 5.78. The highest BCUT2D eigenvalue weighted by molar-refractivity contribution is 7.09. The van der Waals surface area contributed by atoms with Gasteiger partial charge in [0, 0.05) is 17.6 Å². The van der Waals surface area contributed by atoms with Gasteiger partial charge in [-0.05, 0) is 25.7 Å². The van der Waals surface area contributed by atoms with Gasteiger partial charge in [0.15, 0.2) is 0 Å². The van der Waals surface area contributed by atoms with Crippen LogP contribution in [0.25, 0.3) is 0 Å². The fraction of sp³-hybridized carbons (Fsp3) is 0.769. The van der Waals surface area contributed by atoms with Crippen molar-refractivity contribution in [2.45, 2.75) is 58.0 Å². The van der Waals surface area contributed by atoms with Gasteiger partial charge < -0.3 is 5.32 Å². The quantitative estimate of drug-likeness (QED) is 0.816. The van der Waals surface area contributed by atoms with E-state index in [1.165, 1.54) is 30.7 Å². The molecule has 1 heterocycles. The van der Waals surface area contributed by atoms with E-state index in [0.717, 1.165) is 12.3 Å². The van der Waals surface area contributed by atoms with Crippen LogP contribution in [0, 0.1) is 5.92 Å². The predicted octanol–water partition coefficient (Wildman–Crippen LogP) is 3.76. The Kier molecular flexibility index (Phi) is 4.36. The molecule has 2 rings (SSSR count). The van der Waals surface area contributed by atoms with Crippen molar-refractivity contribution in [3.8, 4) is 0 Å². The summed E-state index contributed by atoms with van der Waals surface area (Å²) in [6.07, 6.45) is 8.70. The molecule has 0 aromatic carbocycles. The number of hydrogen-bond acceptors (Lipinski definition) is 3. The molecule has 0 amide bonds. The molecule has 16 heavy (non-hydrogen) atoms. The van der Waals surface area contributed by atoms with Gasteiger partial charge >= 0.3 is 0 Å². The zero-order valence-electron chi connectivity index (χ0n) is 10.3. The Morgan fingerprint density at radius 3 is 2.88 bits per heavy atom. The molecule has 1 aliphatic rings. The van der Waals surface area contributed by atoms with Crippen LogP contribution in [0.3, 0.4) is 0 Å². The summed E-state index contributed by atoms with van der Waals surface area (Å²) < 4.78 is 0. The first-order valence-corrected chi connectivity index (χ1v) is 7.33. The first kappa shape index (κ1) is 12.1. The van der Waals surface area contributed by atoms with Crippen molar-refractivity contribution < 1.29 is 0 Å². The molecular weight excluding hydrogens is 216 g/mol. The van der Waals surface area contributed by atoms with Crippen LogP contribution in [-0.2, 0) is 0 Å². The Morgan fingerprint density at radius 1 is 1.56 bits per heavy atom. The van der Waals surface area contributed by atoms with Crippen molar-refractivity contribution in [1.82, 2.24) is 10.3 Å². The van der Waals surface area contributed by atoms with Crippen molar-refractivity contribution in [3.63, 3.8) is 0 Å². The average molecular weight is 238 g/mol. The van der Waals surface area contributed by atoms with Crippen molar-refractivity contribution in [2.24, 2.45) is 5.92 Å². The molecule has 90 valence electrons. The zero-order valence-corrected chi connectivity index (χ0v) is 11.1. The summed E-state index contributed by atoms with van der Waals surface area (Å²) in [6.45, 7) is 4.55. The highest BCUT2D eigenvalue weighted by Crippen LogP contribution is 2.31. The average Bonchev–Trinajstić information content (AvgIpc) is 2.73. The van der Waals surface area contributed by atoms with E-state index in [2.05, 4.69) is 29.5 Å². The largest absolute Gasteiger partial charge is 0.305 e. The molecule has 0 aliphatic heterocycles. The smallest absolute Gasteiger partial charge is 0.109 e. The predicted molar refractivity (Wildman–Crippen MR) is 69.7 cm³/mol. The van der Waals surface area contributed by atoms with Gasteiger partial charge in [0.05, 0.1) is 6.04 Å². The standard InChI is InChI=1S/C13H22N2S/c1-3-12(13-14-7-8-16-13)15-10(2)9-11-5-4-6-11/h7-8,10-12,15H,3-6,9H2,1-2H3. The maximum atomic E-state index is 4.41. The van der Waals surface area contributed by atoms with Gasteiger partial charge in [-0.25, -0.2) is 4.98 Å². The molecule has 0 spiro atoms. The van der Waals surface area contributed by atoms with Crippen LogP contribution < -0.4 is 5.32 Å². The third kappa shape index (κ3) is 3.05. The Labute approximate surface area is 102 Å². The molecule has 1 aromatic rings. The van der Waals surface area contributed by atoms with Gasteiger partial charge in [0.2, 0.25) is 0 Å². The minimum absolute atomic E-state index is 0.454. The lowest BCUT2D eigenvalue weighted by Crippen LogP contribution is -2.33. The van der Waals surface area contributed by atoms with Gasteiger partial charge in [-0.15, -0.1) is 11.3 Å². The fourth-order valence-electron chi connectivity index (χ4n) is 2.41. The van der Waals surface area contributed by atoms with E-state index in [9.17, 15) is 0 Å². The summed E-state index contributed by atoms with van der Waals surface area (Å²) in [5.74, 6) is 0.983. The lowest BCUT2D eigenvalue weighted by Gasteiger charge is -2.30. The van der Waals surface area contributed by atoms with Crippen molar-refractivity contribution in [2.75, 3.05) is 0 Å². The van der Waals surface area contributed by atoms with Gasteiger partial charge in [-0.3, -0.25) is 0 Å². The molecule has 2 unspecified atom stereocenters. The van der Waals surface area contributed by atoms with E-state index in [1.54, 1.807) is 11.3 Å². The Balaban J connectivity index is 1.81. The highest BCUT2D eigenvalue weighted by Gasteiger charge is 2.22. The number of hydrogen-bond donors (Lipinski definition) is 1. The monoisotopic (exact) mass is 238 g/mol. The summed E-state index contributed by atoms with van der Waals surface area (Å²) in [5, 5.41) is 7.02. The first-order chi connectivity index (χ1) is 7.79. The van der Waals surface area contributed by atoms with Crippen LogP contribution in [0.2, 0.25) is 0 Å². The summed E-state index contributed by atoms with van der Waals surface area (Å²) in [5.41, 5.74) is 0. The van der Waals surface area contributed by atoms with Gasteiger partial charge in [-0.1, -0.05) is 26.2 Å². The topological polar surface area (TPSA) is 24.9 Å². The van der Waals surface area contributed by atoms with Gasteiger partial charge in [0.25, 0.3) is 0 Å². The minimum Gasteiger partial charge on any atom is -0.305 e. The first-order valence-electron chi connectivity index (χ1n) is 6.45. The minimum atomic E-state index is 0.454. The maximum Gasteiger partial charge on any atom is 0.109 e. The van der Waals surface area contributed by atoms with E-state index >= 15 is 0 Å². The van der Waals surface area contributed by atoms with E-state index in [4.69, 9.17) is 0 Å². The summed E-state index contributed by atoms with van der Waals surface area (Å²) in [4.78, 5) is 4.41. The van der Waals surface area contributed by atoms with E-state index in [1.807, 2.05) is 6.20 Å². The van der Waals surface area contributed by atoms with Gasteiger partial charge in [-0.2, -0.15) is 0 Å². The second-order valence-corrected chi connectivity index (χ2v) is 5.86. The van der Waals surface area contributed by atoms with E-state index in [0.29, 0.717) is 12.1 Å². The summed E-state index contributed by atoms with van der Waals surface area (Å²) in [7, 11) is 0. The molecule has 0 saturated heterocycles. The van der Waals surface area contributed by atoms with E-state index < -0.39 is 0 Å². The summed E-state index contributed by atoms with van der Waals surface area (Å²) >= 11 is 1.76. The molecule has 0 radical (unpaired) electrons. The Bertz CT molecular complexity index is 293. The second-order valence-electron chi connectivity index (χ2n) is 4.93. The van der Waals surface area contributed by atoms with Gasteiger partial charge in [0.1, 0.15) is 5.01 Å². The highest BCUT2D eigenvalue weighted by atomic mass is 32.1. The lowest BCUT2D eigenvalue weighted by atomic mass is 9.81. The van der Waals surface area contributed by atoms with Crippen molar-refractivity contribution >= 4 is 11.3 Å². The molecule has 1 saturated carbocycles. The number of rotatable bonds is 6. The molecule has 1 aliphatic carbocycles. The molecule has 2 atom stereocenters. The van der Waals surface area contributed by atoms with Crippen LogP contribution in [0.1, 0.15) is 57.0 Å². The van der Waals surface area contributed by atoms with E-state index in [-0.39, 0.29) is 0 Å². The third-order valence-electron chi connectivity index (χ3n) is 3.56. The van der Waals surface area contributed by atoms with Crippen LogP contribution in [0.4, 0.5) is 0 Å². The van der Waals surface area contributed by atoms with Crippen molar-refractivity contribution in [3.05, 3.63) is 16.6 Å². The number of nitrogens with zero attached hydrogens (tertiary/aromatic N) is 1. The molecule has 1 fully saturated rings. The molecule has 0 bridgehead atoms. The number of thiazole rings is 1. The molecular formula is C13H22N2S. The van der Waals surface area contributed by atoms with Crippen LogP contribution in [0.5, 0.6) is 0 Å². The zero-order chi connectivity index (χ0) is 11.4. The number of aromatic nitrogens is 1. The Hall–Kier alpha value is -0.410. The maximum absolute atomic E-state index is 4.41. The van der Waals surface area contributed by atoms with Crippen LogP contribution in [-0.4, -0.2) is 11.0 Å². The molecule has 1 N–H and O–H groups in total. The summed E-state index contributed by atoms with van der Waals surface area (Å²) in [6, 6.07) is 1.08. The Morgan fingerprint density at radius 2 is 2.38 bits per heavy atom.